The number of nitrogens with two attached hydrogens (primary N) is 1. The van der Waals surface area contributed by atoms with Gasteiger partial charge in [0, 0.05) is 5.56 Å². The van der Waals surface area contributed by atoms with Crippen molar-refractivity contribution in [2.45, 2.75) is 47.1 Å². The predicted molar refractivity (Wildman–Crippen MR) is 106 cm³/mol. The van der Waals surface area contributed by atoms with Crippen molar-refractivity contribution < 1.29 is 14.7 Å². The molecule has 0 bridgehead atoms. The summed E-state index contributed by atoms with van der Waals surface area (Å²) < 4.78 is 1.23. The molecule has 2 rings (SSSR count). The Morgan fingerprint density at radius 3 is 2.22 bits per heavy atom. The van der Waals surface area contributed by atoms with Gasteiger partial charge < -0.3 is 10.8 Å². The van der Waals surface area contributed by atoms with Gasteiger partial charge in [-0.1, -0.05) is 50.6 Å². The number of nitrogens with zero attached hydrogens (tertiary/aromatic N) is 1. The number of hydrogen-bond acceptors (Lipinski definition) is 4. The molecule has 1 heterocycles. The number of aryl methyl sites for hydroxylation is 1. The molecule has 1 atom stereocenters. The van der Waals surface area contributed by atoms with E-state index >= 15 is 0 Å². The number of aldehydes is 1. The molecule has 0 aliphatic rings. The normalized spacial score (nSPS) is 12.6. The quantitative estimate of drug-likeness (QED) is 0.783. The van der Waals surface area contributed by atoms with Crippen LogP contribution in [0.15, 0.2) is 29.1 Å². The molecule has 1 aromatic carbocycles. The van der Waals surface area contributed by atoms with Gasteiger partial charge in [0.1, 0.15) is 11.7 Å². The lowest BCUT2D eigenvalue weighted by Crippen LogP contribution is -2.36. The predicted octanol–water partition coefficient (Wildman–Crippen LogP) is 3.59. The monoisotopic (exact) mass is 370 g/mol. The van der Waals surface area contributed by atoms with Crippen molar-refractivity contribution >= 4 is 17.9 Å². The Bertz CT molecular complexity index is 935. The number of carbonyl (C=O) groups is 2. The van der Waals surface area contributed by atoms with Crippen molar-refractivity contribution in [3.63, 3.8) is 0 Å². The Morgan fingerprint density at radius 2 is 1.78 bits per heavy atom. The first-order valence-electron chi connectivity index (χ1n) is 8.77. The summed E-state index contributed by atoms with van der Waals surface area (Å²) in [7, 11) is 0. The van der Waals surface area contributed by atoms with Crippen LogP contribution in [0.5, 0.6) is 0 Å². The molecule has 1 aromatic heterocycles. The lowest BCUT2D eigenvalue weighted by molar-refractivity contribution is -0.141. The van der Waals surface area contributed by atoms with Crippen LogP contribution < -0.4 is 11.3 Å². The minimum absolute atomic E-state index is 0.103. The third kappa shape index (κ3) is 4.10. The van der Waals surface area contributed by atoms with E-state index < -0.39 is 17.6 Å². The smallest absolute Gasteiger partial charge is 0.326 e. The van der Waals surface area contributed by atoms with Gasteiger partial charge in [0.2, 0.25) is 0 Å². The summed E-state index contributed by atoms with van der Waals surface area (Å²) in [6, 6.07) is 6.28. The van der Waals surface area contributed by atoms with Gasteiger partial charge in [0.05, 0.1) is 5.69 Å². The summed E-state index contributed by atoms with van der Waals surface area (Å²) >= 11 is 0. The Kier molecular flexibility index (Phi) is 5.59. The maximum absolute atomic E-state index is 13.0. The molecule has 6 heteroatoms. The van der Waals surface area contributed by atoms with Crippen LogP contribution in [0.3, 0.4) is 0 Å². The van der Waals surface area contributed by atoms with Crippen molar-refractivity contribution in [2.24, 2.45) is 5.41 Å². The van der Waals surface area contributed by atoms with Crippen LogP contribution >= 0.6 is 0 Å². The molecule has 0 aliphatic carbocycles. The van der Waals surface area contributed by atoms with Gasteiger partial charge in [-0.3, -0.25) is 14.2 Å². The minimum Gasteiger partial charge on any atom is -0.480 e. The maximum Gasteiger partial charge on any atom is 0.326 e. The third-order valence-corrected chi connectivity index (χ3v) is 4.58. The number of nitrogen functional groups attached to an aromatic ring is 1. The molecule has 144 valence electrons. The van der Waals surface area contributed by atoms with E-state index in [1.54, 1.807) is 6.92 Å². The molecular weight excluding hydrogens is 344 g/mol. The molecule has 0 spiro atoms. The molecule has 0 saturated carbocycles. The molecule has 0 radical (unpaired) electrons. The van der Waals surface area contributed by atoms with Crippen LogP contribution in [0.2, 0.25) is 0 Å². The number of aliphatic carboxylic acids is 1. The van der Waals surface area contributed by atoms with E-state index in [1.165, 1.54) is 4.57 Å². The largest absolute Gasteiger partial charge is 0.480 e. The summed E-state index contributed by atoms with van der Waals surface area (Å²) in [5, 5.41) is 9.87. The zero-order valence-electron chi connectivity index (χ0n) is 16.4. The molecule has 1 unspecified atom stereocenters. The van der Waals surface area contributed by atoms with Gasteiger partial charge in [-0.2, -0.15) is 0 Å². The van der Waals surface area contributed by atoms with Gasteiger partial charge in [-0.25, -0.2) is 4.79 Å². The number of rotatable bonds is 5. The molecule has 2 aromatic rings. The minimum atomic E-state index is -1.11. The van der Waals surface area contributed by atoms with E-state index in [1.807, 2.05) is 52.0 Å². The number of benzene rings is 1. The highest BCUT2D eigenvalue weighted by atomic mass is 16.4. The number of carboxylic acid groups (broad SMARTS) is 1. The summed E-state index contributed by atoms with van der Waals surface area (Å²) in [5.41, 5.74) is 7.39. The molecule has 3 N–H and O–H groups in total. The zero-order chi connectivity index (χ0) is 20.5. The van der Waals surface area contributed by atoms with Gasteiger partial charge >= 0.3 is 5.97 Å². The second kappa shape index (κ2) is 7.39. The lowest BCUT2D eigenvalue weighted by Gasteiger charge is -2.28. The molecule has 0 fully saturated rings. The highest BCUT2D eigenvalue weighted by Crippen LogP contribution is 2.33. The van der Waals surface area contributed by atoms with Gasteiger partial charge in [-0.15, -0.1) is 0 Å². The van der Waals surface area contributed by atoms with Crippen LogP contribution in [0, 0.1) is 19.3 Å². The van der Waals surface area contributed by atoms with Crippen molar-refractivity contribution in [3.05, 3.63) is 51.3 Å². The fraction of sp³-hybridized carbons (Fsp3) is 0.381. The molecule has 0 saturated heterocycles. The van der Waals surface area contributed by atoms with Crippen LogP contribution in [0.4, 0.5) is 5.69 Å². The fourth-order valence-electron chi connectivity index (χ4n) is 3.24. The van der Waals surface area contributed by atoms with E-state index in [9.17, 15) is 19.5 Å². The van der Waals surface area contributed by atoms with Gasteiger partial charge in [0.25, 0.3) is 5.56 Å². The molecule has 0 amide bonds. The highest BCUT2D eigenvalue weighted by molar-refractivity contribution is 5.89. The average Bonchev–Trinajstić information content (AvgIpc) is 2.57. The van der Waals surface area contributed by atoms with E-state index in [0.717, 1.165) is 5.56 Å². The van der Waals surface area contributed by atoms with Crippen LogP contribution in [-0.2, 0) is 4.79 Å². The fourth-order valence-corrected chi connectivity index (χ4v) is 3.24. The number of pyridine rings is 1. The molecule has 0 aliphatic heterocycles. The topological polar surface area (TPSA) is 102 Å². The van der Waals surface area contributed by atoms with Crippen molar-refractivity contribution in [3.8, 4) is 11.3 Å². The first kappa shape index (κ1) is 20.4. The lowest BCUT2D eigenvalue weighted by atomic mass is 9.87. The first-order valence-corrected chi connectivity index (χ1v) is 8.77. The van der Waals surface area contributed by atoms with Gasteiger partial charge in [0.15, 0.2) is 6.29 Å². The van der Waals surface area contributed by atoms with E-state index in [0.29, 0.717) is 23.1 Å². The van der Waals surface area contributed by atoms with Crippen molar-refractivity contribution in [1.29, 1.82) is 0 Å². The Morgan fingerprint density at radius 1 is 1.22 bits per heavy atom. The number of anilines is 1. The molecular formula is C21H26N2O4. The standard InChI is InChI=1S/C21H26N2O4/c1-12-6-8-14(9-7-12)18-13(2)15(11-24)17(22)19(25)23(18)16(20(26)27)10-21(3,4)5/h6-9,11,16H,10,22H2,1-5H3,(H,26,27). The summed E-state index contributed by atoms with van der Waals surface area (Å²) in [6.07, 6.45) is 0.786. The summed E-state index contributed by atoms with van der Waals surface area (Å²) in [5.74, 6) is -1.11. The van der Waals surface area contributed by atoms with E-state index in [2.05, 4.69) is 0 Å². The Labute approximate surface area is 158 Å². The molecule has 27 heavy (non-hydrogen) atoms. The summed E-state index contributed by atoms with van der Waals surface area (Å²) in [4.78, 5) is 36.6. The Hall–Kier alpha value is -2.89. The Balaban J connectivity index is 2.93. The first-order chi connectivity index (χ1) is 12.5. The highest BCUT2D eigenvalue weighted by Gasteiger charge is 2.31. The van der Waals surface area contributed by atoms with Crippen LogP contribution in [-0.4, -0.2) is 21.9 Å². The maximum atomic E-state index is 13.0. The second-order valence-corrected chi connectivity index (χ2v) is 8.08. The van der Waals surface area contributed by atoms with E-state index in [4.69, 9.17) is 5.73 Å². The van der Waals surface area contributed by atoms with E-state index in [-0.39, 0.29) is 23.1 Å². The number of hydrogen-bond donors (Lipinski definition) is 2. The van der Waals surface area contributed by atoms with Crippen LogP contribution in [0.1, 0.15) is 54.7 Å². The number of carbonyl (C=O) groups excluding carboxylic acids is 1. The van der Waals surface area contributed by atoms with Gasteiger partial charge in [-0.05, 0) is 36.8 Å². The SMILES string of the molecule is Cc1ccc(-c2c(C)c(C=O)c(N)c(=O)n2C(CC(C)(C)C)C(=O)O)cc1. The molecule has 6 nitrogen and oxygen atoms in total. The van der Waals surface area contributed by atoms with Crippen LogP contribution in [0.25, 0.3) is 11.3 Å². The average molecular weight is 370 g/mol. The summed E-state index contributed by atoms with van der Waals surface area (Å²) in [6.45, 7) is 9.35. The number of aromatic nitrogens is 1. The third-order valence-electron chi connectivity index (χ3n) is 4.58. The second-order valence-electron chi connectivity index (χ2n) is 8.08. The van der Waals surface area contributed by atoms with Crippen molar-refractivity contribution in [2.75, 3.05) is 5.73 Å². The number of carboxylic acids is 1. The zero-order valence-corrected chi connectivity index (χ0v) is 16.4. The van der Waals surface area contributed by atoms with Crippen molar-refractivity contribution in [1.82, 2.24) is 4.57 Å².